The maximum absolute atomic E-state index is 12.6. The molecule has 2 rings (SSSR count). The van der Waals surface area contributed by atoms with Crippen LogP contribution in [-0.2, 0) is 0 Å². The first-order valence-corrected chi connectivity index (χ1v) is 5.24. The molecule has 1 fully saturated rings. The van der Waals surface area contributed by atoms with Crippen molar-refractivity contribution in [2.24, 2.45) is 0 Å². The number of aliphatic hydroxyl groups is 1. The number of amides is 1. The summed E-state index contributed by atoms with van der Waals surface area (Å²) in [4.78, 5) is 12.8. The summed E-state index contributed by atoms with van der Waals surface area (Å²) in [6, 6.07) is 0. The highest BCUT2D eigenvalue weighted by atomic mass is 19.4. The van der Waals surface area contributed by atoms with Crippen molar-refractivity contribution in [3.63, 3.8) is 0 Å². The molecule has 0 aromatic carbocycles. The molecule has 2 heterocycles. The quantitative estimate of drug-likeness (QED) is 0.825. The van der Waals surface area contributed by atoms with Gasteiger partial charge < -0.3 is 14.5 Å². The highest BCUT2D eigenvalue weighted by molar-refractivity contribution is 5.95. The van der Waals surface area contributed by atoms with Gasteiger partial charge in [0.25, 0.3) is 5.91 Å². The number of aryl methyl sites for hydroxylation is 1. The lowest BCUT2D eigenvalue weighted by molar-refractivity contribution is -0.253. The topological polar surface area (TPSA) is 66.6 Å². The van der Waals surface area contributed by atoms with E-state index in [2.05, 4.69) is 9.68 Å². The highest BCUT2D eigenvalue weighted by Gasteiger charge is 2.57. The monoisotopic (exact) mass is 264 g/mol. The fraction of sp³-hybridized carbons (Fsp3) is 0.600. The van der Waals surface area contributed by atoms with Gasteiger partial charge in [-0.15, -0.1) is 0 Å². The summed E-state index contributed by atoms with van der Waals surface area (Å²) in [6.45, 7) is 0.575. The number of hydrogen-bond donors (Lipinski definition) is 1. The molecule has 0 spiro atoms. The van der Waals surface area contributed by atoms with Gasteiger partial charge >= 0.3 is 6.18 Å². The zero-order valence-corrected chi connectivity index (χ0v) is 9.49. The Hall–Kier alpha value is -1.57. The Morgan fingerprint density at radius 3 is 2.72 bits per heavy atom. The Morgan fingerprint density at radius 2 is 2.28 bits per heavy atom. The van der Waals surface area contributed by atoms with E-state index in [0.717, 1.165) is 11.1 Å². The number of aromatic nitrogens is 1. The SMILES string of the molecule is Cc1oncc1C(=O)N1CCC(O)(C(F)(F)F)C1. The van der Waals surface area contributed by atoms with E-state index >= 15 is 0 Å². The molecule has 1 N–H and O–H groups in total. The van der Waals surface area contributed by atoms with E-state index < -0.39 is 30.7 Å². The number of halogens is 3. The van der Waals surface area contributed by atoms with E-state index in [1.54, 1.807) is 0 Å². The summed E-state index contributed by atoms with van der Waals surface area (Å²) < 4.78 is 42.4. The minimum absolute atomic E-state index is 0.112. The van der Waals surface area contributed by atoms with E-state index in [9.17, 15) is 23.1 Å². The number of hydrogen-bond acceptors (Lipinski definition) is 4. The second kappa shape index (κ2) is 3.98. The number of carbonyl (C=O) groups is 1. The van der Waals surface area contributed by atoms with Gasteiger partial charge in [0, 0.05) is 13.0 Å². The Kier molecular flexibility index (Phi) is 2.84. The van der Waals surface area contributed by atoms with Gasteiger partial charge in [-0.25, -0.2) is 0 Å². The third kappa shape index (κ3) is 1.96. The Labute approximate surface area is 100 Å². The molecule has 0 saturated carbocycles. The minimum atomic E-state index is -4.74. The fourth-order valence-corrected chi connectivity index (χ4v) is 1.87. The molecule has 1 amide bonds. The van der Waals surface area contributed by atoms with Crippen LogP contribution in [0.2, 0.25) is 0 Å². The standard InChI is InChI=1S/C10H11F3N2O3/c1-6-7(4-14-18-6)8(16)15-3-2-9(17,5-15)10(11,12)13/h4,17H,2-3,5H2,1H3. The van der Waals surface area contributed by atoms with Crippen molar-refractivity contribution in [3.05, 3.63) is 17.5 Å². The van der Waals surface area contributed by atoms with Crippen LogP contribution in [0.4, 0.5) is 13.2 Å². The average Bonchev–Trinajstić information content (AvgIpc) is 2.83. The molecule has 1 aliphatic heterocycles. The van der Waals surface area contributed by atoms with Gasteiger partial charge in [0.2, 0.25) is 0 Å². The zero-order valence-electron chi connectivity index (χ0n) is 9.49. The zero-order chi connectivity index (χ0) is 13.6. The first kappa shape index (κ1) is 12.9. The van der Waals surface area contributed by atoms with Crippen LogP contribution < -0.4 is 0 Å². The third-order valence-electron chi connectivity index (χ3n) is 3.04. The molecular weight excluding hydrogens is 253 g/mol. The number of β-amino-alcohol motifs (C(OH)–C–C–N with tert-alkyl or cyclic N) is 1. The molecule has 0 radical (unpaired) electrons. The summed E-state index contributed by atoms with van der Waals surface area (Å²) in [6.07, 6.45) is -4.11. The van der Waals surface area contributed by atoms with E-state index in [1.807, 2.05) is 0 Å². The molecule has 5 nitrogen and oxygen atoms in total. The summed E-state index contributed by atoms with van der Waals surface area (Å²) in [5.74, 6) is -0.378. The van der Waals surface area contributed by atoms with Crippen molar-refractivity contribution < 1.29 is 27.6 Å². The van der Waals surface area contributed by atoms with Gasteiger partial charge in [-0.2, -0.15) is 13.2 Å². The predicted octanol–water partition coefficient (Wildman–Crippen LogP) is 1.12. The molecule has 1 aromatic heterocycles. The van der Waals surface area contributed by atoms with Gasteiger partial charge in [-0.1, -0.05) is 5.16 Å². The maximum atomic E-state index is 12.6. The Bertz CT molecular complexity index is 471. The molecule has 0 bridgehead atoms. The predicted molar refractivity (Wildman–Crippen MR) is 52.8 cm³/mol. The lowest BCUT2D eigenvalue weighted by atomic mass is 10.0. The molecule has 1 saturated heterocycles. The summed E-state index contributed by atoms with van der Waals surface area (Å²) in [7, 11) is 0. The second-order valence-electron chi connectivity index (χ2n) is 4.30. The summed E-state index contributed by atoms with van der Waals surface area (Å²) >= 11 is 0. The molecule has 0 aliphatic carbocycles. The highest BCUT2D eigenvalue weighted by Crippen LogP contribution is 2.38. The number of rotatable bonds is 1. The summed E-state index contributed by atoms with van der Waals surface area (Å²) in [5.41, 5.74) is -2.71. The number of alkyl halides is 3. The fourth-order valence-electron chi connectivity index (χ4n) is 1.87. The second-order valence-corrected chi connectivity index (χ2v) is 4.30. The lowest BCUT2D eigenvalue weighted by Gasteiger charge is -2.25. The van der Waals surface area contributed by atoms with E-state index in [-0.39, 0.29) is 17.9 Å². The van der Waals surface area contributed by atoms with Gasteiger partial charge in [0.15, 0.2) is 5.60 Å². The van der Waals surface area contributed by atoms with Crippen molar-refractivity contribution >= 4 is 5.91 Å². The Morgan fingerprint density at radius 1 is 1.61 bits per heavy atom. The molecule has 18 heavy (non-hydrogen) atoms. The van der Waals surface area contributed by atoms with Crippen LogP contribution in [0.1, 0.15) is 22.5 Å². The molecule has 8 heteroatoms. The van der Waals surface area contributed by atoms with Crippen LogP contribution in [0.15, 0.2) is 10.7 Å². The van der Waals surface area contributed by atoms with Crippen LogP contribution in [-0.4, -0.2) is 45.9 Å². The lowest BCUT2D eigenvalue weighted by Crippen LogP contribution is -2.48. The van der Waals surface area contributed by atoms with E-state index in [1.165, 1.54) is 6.92 Å². The maximum Gasteiger partial charge on any atom is 0.419 e. The van der Waals surface area contributed by atoms with Crippen molar-refractivity contribution in [1.29, 1.82) is 0 Å². The molecule has 100 valence electrons. The van der Waals surface area contributed by atoms with Crippen LogP contribution in [0.5, 0.6) is 0 Å². The first-order valence-electron chi connectivity index (χ1n) is 5.24. The molecular formula is C10H11F3N2O3. The largest absolute Gasteiger partial charge is 0.419 e. The van der Waals surface area contributed by atoms with Gasteiger partial charge in [-0.3, -0.25) is 4.79 Å². The number of carbonyl (C=O) groups excluding carboxylic acids is 1. The molecule has 1 unspecified atom stereocenters. The van der Waals surface area contributed by atoms with Crippen molar-refractivity contribution in [2.75, 3.05) is 13.1 Å². The van der Waals surface area contributed by atoms with E-state index in [0.29, 0.717) is 0 Å². The minimum Gasteiger partial charge on any atom is -0.379 e. The van der Waals surface area contributed by atoms with Crippen molar-refractivity contribution in [3.8, 4) is 0 Å². The number of likely N-dealkylation sites (tertiary alicyclic amines) is 1. The normalized spacial score (nSPS) is 24.6. The first-order chi connectivity index (χ1) is 8.24. The smallest absolute Gasteiger partial charge is 0.379 e. The average molecular weight is 264 g/mol. The molecule has 1 aromatic rings. The van der Waals surface area contributed by atoms with Gasteiger partial charge in [0.05, 0.1) is 12.7 Å². The van der Waals surface area contributed by atoms with Gasteiger partial charge in [-0.05, 0) is 6.92 Å². The van der Waals surface area contributed by atoms with Gasteiger partial charge in [0.1, 0.15) is 11.3 Å². The van der Waals surface area contributed by atoms with E-state index in [4.69, 9.17) is 0 Å². The number of nitrogens with zero attached hydrogens (tertiary/aromatic N) is 2. The molecule has 1 aliphatic rings. The molecule has 1 atom stereocenters. The van der Waals surface area contributed by atoms with Crippen molar-refractivity contribution in [2.45, 2.75) is 25.1 Å². The van der Waals surface area contributed by atoms with Crippen LogP contribution in [0.25, 0.3) is 0 Å². The van der Waals surface area contributed by atoms with Crippen LogP contribution in [0, 0.1) is 6.92 Å². The van der Waals surface area contributed by atoms with Crippen LogP contribution in [0.3, 0.4) is 0 Å². The van der Waals surface area contributed by atoms with Crippen molar-refractivity contribution in [1.82, 2.24) is 10.1 Å². The Balaban J connectivity index is 2.15. The third-order valence-corrected chi connectivity index (χ3v) is 3.04. The summed E-state index contributed by atoms with van der Waals surface area (Å²) in [5, 5.41) is 12.8. The van der Waals surface area contributed by atoms with Crippen LogP contribution >= 0.6 is 0 Å².